The summed E-state index contributed by atoms with van der Waals surface area (Å²) < 4.78 is 7.14. The van der Waals surface area contributed by atoms with Gasteiger partial charge >= 0.3 is 5.63 Å². The molecule has 128 valence electrons. The summed E-state index contributed by atoms with van der Waals surface area (Å²) in [6, 6.07) is 3.63. The van der Waals surface area contributed by atoms with Crippen LogP contribution in [0.25, 0.3) is 0 Å². The van der Waals surface area contributed by atoms with Crippen molar-refractivity contribution in [2.45, 2.75) is 58.9 Å². The maximum absolute atomic E-state index is 12.6. The predicted octanol–water partition coefficient (Wildman–Crippen LogP) is 3.38. The molecule has 1 amide bonds. The number of aryl methyl sites for hydroxylation is 3. The van der Waals surface area contributed by atoms with Gasteiger partial charge in [-0.3, -0.25) is 4.79 Å². The van der Waals surface area contributed by atoms with E-state index in [1.807, 2.05) is 19.9 Å². The van der Waals surface area contributed by atoms with Crippen LogP contribution >= 0.6 is 0 Å². The summed E-state index contributed by atoms with van der Waals surface area (Å²) in [5, 5.41) is 7.14. The van der Waals surface area contributed by atoms with E-state index in [1.165, 1.54) is 0 Å². The zero-order valence-corrected chi connectivity index (χ0v) is 14.4. The van der Waals surface area contributed by atoms with Gasteiger partial charge in [-0.05, 0) is 44.7 Å². The molecule has 1 aliphatic rings. The van der Waals surface area contributed by atoms with E-state index >= 15 is 0 Å². The fraction of sp³-hybridized carbons (Fsp3) is 0.500. The summed E-state index contributed by atoms with van der Waals surface area (Å²) in [7, 11) is 0. The molecular formula is C18H23N3O3. The average Bonchev–Trinajstić information content (AvgIpc) is 2.76. The maximum Gasteiger partial charge on any atom is 0.349 e. The number of amides is 1. The van der Waals surface area contributed by atoms with E-state index in [9.17, 15) is 9.59 Å². The predicted molar refractivity (Wildman–Crippen MR) is 91.5 cm³/mol. The van der Waals surface area contributed by atoms with Crippen LogP contribution in [-0.4, -0.2) is 15.7 Å². The summed E-state index contributed by atoms with van der Waals surface area (Å²) in [4.78, 5) is 24.9. The topological polar surface area (TPSA) is 77.1 Å². The Labute approximate surface area is 140 Å². The Balaban J connectivity index is 1.86. The molecule has 2 aromatic heterocycles. The van der Waals surface area contributed by atoms with Gasteiger partial charge in [-0.15, -0.1) is 0 Å². The lowest BCUT2D eigenvalue weighted by Crippen LogP contribution is -2.25. The van der Waals surface area contributed by atoms with Gasteiger partial charge in [0.15, 0.2) is 0 Å². The summed E-state index contributed by atoms with van der Waals surface area (Å²) in [6.07, 6.45) is 4.16. The Morgan fingerprint density at radius 3 is 2.71 bits per heavy atom. The zero-order chi connectivity index (χ0) is 17.3. The molecule has 1 saturated carbocycles. The monoisotopic (exact) mass is 329 g/mol. The first-order valence-electron chi connectivity index (χ1n) is 8.50. The average molecular weight is 329 g/mol. The van der Waals surface area contributed by atoms with Crippen LogP contribution in [0.5, 0.6) is 0 Å². The molecule has 24 heavy (non-hydrogen) atoms. The SMILES string of the molecule is CCCn1nc(C)cc1NC(=O)c1c(C)cc(C2CCC2)oc1=O. The first kappa shape index (κ1) is 16.5. The molecule has 0 spiro atoms. The van der Waals surface area contributed by atoms with E-state index in [1.54, 1.807) is 17.7 Å². The molecule has 2 heterocycles. The molecule has 2 aromatic rings. The highest BCUT2D eigenvalue weighted by molar-refractivity contribution is 6.04. The zero-order valence-electron chi connectivity index (χ0n) is 14.4. The van der Waals surface area contributed by atoms with E-state index < -0.39 is 11.5 Å². The first-order chi connectivity index (χ1) is 11.5. The van der Waals surface area contributed by atoms with Crippen molar-refractivity contribution in [3.8, 4) is 0 Å². The fourth-order valence-electron chi connectivity index (χ4n) is 3.01. The van der Waals surface area contributed by atoms with Crippen molar-refractivity contribution < 1.29 is 9.21 Å². The molecule has 1 fully saturated rings. The van der Waals surface area contributed by atoms with Crippen molar-refractivity contribution in [3.63, 3.8) is 0 Å². The highest BCUT2D eigenvalue weighted by Crippen LogP contribution is 2.36. The molecule has 0 aromatic carbocycles. The van der Waals surface area contributed by atoms with Gasteiger partial charge in [-0.1, -0.05) is 13.3 Å². The van der Waals surface area contributed by atoms with Crippen molar-refractivity contribution in [2.75, 3.05) is 5.32 Å². The molecule has 3 rings (SSSR count). The highest BCUT2D eigenvalue weighted by atomic mass is 16.4. The number of carbonyl (C=O) groups is 1. The third-order valence-corrected chi connectivity index (χ3v) is 4.48. The van der Waals surface area contributed by atoms with Crippen LogP contribution in [-0.2, 0) is 6.54 Å². The van der Waals surface area contributed by atoms with E-state index in [0.29, 0.717) is 29.6 Å². The van der Waals surface area contributed by atoms with Crippen LogP contribution in [0.3, 0.4) is 0 Å². The summed E-state index contributed by atoms with van der Waals surface area (Å²) in [5.41, 5.74) is 0.986. The van der Waals surface area contributed by atoms with Gasteiger partial charge in [-0.2, -0.15) is 5.10 Å². The molecule has 6 nitrogen and oxygen atoms in total. The lowest BCUT2D eigenvalue weighted by atomic mass is 9.83. The van der Waals surface area contributed by atoms with Gasteiger partial charge in [0.25, 0.3) is 5.91 Å². The summed E-state index contributed by atoms with van der Waals surface area (Å²) in [5.74, 6) is 1.18. The lowest BCUT2D eigenvalue weighted by Gasteiger charge is -2.24. The first-order valence-corrected chi connectivity index (χ1v) is 8.50. The molecule has 6 heteroatoms. The minimum absolute atomic E-state index is 0.0694. The van der Waals surface area contributed by atoms with Crippen LogP contribution < -0.4 is 10.9 Å². The van der Waals surface area contributed by atoms with Gasteiger partial charge in [-0.25, -0.2) is 9.48 Å². The number of hydrogen-bond acceptors (Lipinski definition) is 4. The smallest absolute Gasteiger partial charge is 0.349 e. The minimum Gasteiger partial charge on any atom is -0.427 e. The van der Waals surface area contributed by atoms with E-state index in [4.69, 9.17) is 4.42 Å². The largest absolute Gasteiger partial charge is 0.427 e. The van der Waals surface area contributed by atoms with Crippen molar-refractivity contribution in [1.82, 2.24) is 9.78 Å². The van der Waals surface area contributed by atoms with Gasteiger partial charge in [0.1, 0.15) is 17.1 Å². The number of rotatable bonds is 5. The lowest BCUT2D eigenvalue weighted by molar-refractivity contribution is 0.102. The standard InChI is InChI=1S/C18H23N3O3/c1-4-8-21-15(10-12(3)20-21)19-17(22)16-11(2)9-14(24-18(16)23)13-6-5-7-13/h9-10,13H,4-8H2,1-3H3,(H,19,22). The van der Waals surface area contributed by atoms with Crippen molar-refractivity contribution in [2.24, 2.45) is 0 Å². The van der Waals surface area contributed by atoms with Gasteiger partial charge in [0, 0.05) is 18.5 Å². The van der Waals surface area contributed by atoms with Crippen molar-refractivity contribution in [3.05, 3.63) is 45.1 Å². The Morgan fingerprint density at radius 2 is 2.12 bits per heavy atom. The van der Waals surface area contributed by atoms with Gasteiger partial charge < -0.3 is 9.73 Å². The Bertz CT molecular complexity index is 815. The second kappa shape index (κ2) is 6.63. The van der Waals surface area contributed by atoms with Crippen LogP contribution in [0.15, 0.2) is 21.3 Å². The molecule has 0 bridgehead atoms. The second-order valence-corrected chi connectivity index (χ2v) is 6.47. The van der Waals surface area contributed by atoms with E-state index in [2.05, 4.69) is 10.4 Å². The molecule has 0 atom stereocenters. The van der Waals surface area contributed by atoms with Crippen molar-refractivity contribution in [1.29, 1.82) is 0 Å². The Morgan fingerprint density at radius 1 is 1.38 bits per heavy atom. The highest BCUT2D eigenvalue weighted by Gasteiger charge is 2.25. The molecule has 0 aliphatic heterocycles. The maximum atomic E-state index is 12.6. The number of nitrogens with zero attached hydrogens (tertiary/aromatic N) is 2. The molecule has 1 aliphatic carbocycles. The Hall–Kier alpha value is -2.37. The van der Waals surface area contributed by atoms with Crippen LogP contribution in [0.4, 0.5) is 5.82 Å². The molecule has 0 saturated heterocycles. The van der Waals surface area contributed by atoms with Crippen LogP contribution in [0.2, 0.25) is 0 Å². The molecular weight excluding hydrogens is 306 g/mol. The quantitative estimate of drug-likeness (QED) is 0.912. The number of aromatic nitrogens is 2. The third kappa shape index (κ3) is 3.13. The number of nitrogens with one attached hydrogen (secondary N) is 1. The molecule has 0 radical (unpaired) electrons. The van der Waals surface area contributed by atoms with Crippen LogP contribution in [0.1, 0.15) is 65.9 Å². The molecule has 0 unspecified atom stereocenters. The van der Waals surface area contributed by atoms with Crippen molar-refractivity contribution >= 4 is 11.7 Å². The number of anilines is 1. The number of carbonyl (C=O) groups excluding carboxylic acids is 1. The summed E-state index contributed by atoms with van der Waals surface area (Å²) in [6.45, 7) is 6.40. The van der Waals surface area contributed by atoms with Gasteiger partial charge in [0.05, 0.1) is 5.69 Å². The van der Waals surface area contributed by atoms with E-state index in [0.717, 1.165) is 31.4 Å². The fourth-order valence-corrected chi connectivity index (χ4v) is 3.01. The third-order valence-electron chi connectivity index (χ3n) is 4.48. The normalized spacial score (nSPS) is 14.5. The van der Waals surface area contributed by atoms with E-state index in [-0.39, 0.29) is 5.56 Å². The summed E-state index contributed by atoms with van der Waals surface area (Å²) >= 11 is 0. The second-order valence-electron chi connectivity index (χ2n) is 6.47. The molecule has 1 N–H and O–H groups in total. The Kier molecular flexibility index (Phi) is 4.55. The number of hydrogen-bond donors (Lipinski definition) is 1. The minimum atomic E-state index is -0.562. The van der Waals surface area contributed by atoms with Gasteiger partial charge in [0.2, 0.25) is 0 Å². The van der Waals surface area contributed by atoms with Crippen LogP contribution in [0, 0.1) is 13.8 Å².